The van der Waals surface area contributed by atoms with E-state index >= 15 is 0 Å². The SMILES string of the molecule is CCOC1CC(NCc2ccccc2Cl)C1OC. The van der Waals surface area contributed by atoms with E-state index in [1.807, 2.05) is 31.2 Å². The van der Waals surface area contributed by atoms with Crippen LogP contribution in [-0.2, 0) is 16.0 Å². The maximum absolute atomic E-state index is 6.12. The van der Waals surface area contributed by atoms with E-state index in [2.05, 4.69) is 5.32 Å². The first kappa shape index (κ1) is 13.8. The first-order valence-corrected chi connectivity index (χ1v) is 6.75. The van der Waals surface area contributed by atoms with Crippen molar-refractivity contribution in [1.82, 2.24) is 5.32 Å². The summed E-state index contributed by atoms with van der Waals surface area (Å²) in [5.41, 5.74) is 1.12. The average Bonchev–Trinajstić information content (AvgIpc) is 2.35. The van der Waals surface area contributed by atoms with Crippen LogP contribution in [0.15, 0.2) is 24.3 Å². The number of rotatable bonds is 6. The Morgan fingerprint density at radius 2 is 2.17 bits per heavy atom. The lowest BCUT2D eigenvalue weighted by atomic mass is 9.85. The molecule has 1 saturated carbocycles. The predicted molar refractivity (Wildman–Crippen MR) is 72.9 cm³/mol. The summed E-state index contributed by atoms with van der Waals surface area (Å²) in [6, 6.07) is 8.24. The molecule has 3 atom stereocenters. The highest BCUT2D eigenvalue weighted by Crippen LogP contribution is 2.27. The maximum Gasteiger partial charge on any atom is 0.0986 e. The molecule has 1 aliphatic rings. The van der Waals surface area contributed by atoms with Crippen LogP contribution in [0.1, 0.15) is 18.9 Å². The van der Waals surface area contributed by atoms with E-state index in [1.54, 1.807) is 7.11 Å². The standard InChI is InChI=1S/C14H20ClNO2/c1-3-18-13-8-12(14(13)17-2)16-9-10-6-4-5-7-11(10)15/h4-7,12-14,16H,3,8-9H2,1-2H3. The molecule has 0 bridgehead atoms. The molecule has 1 aliphatic carbocycles. The van der Waals surface area contributed by atoms with Gasteiger partial charge in [0.15, 0.2) is 0 Å². The monoisotopic (exact) mass is 269 g/mol. The van der Waals surface area contributed by atoms with Crippen molar-refractivity contribution < 1.29 is 9.47 Å². The van der Waals surface area contributed by atoms with Crippen LogP contribution in [0.2, 0.25) is 5.02 Å². The molecule has 2 rings (SSSR count). The largest absolute Gasteiger partial charge is 0.377 e. The third-order valence-corrected chi connectivity index (χ3v) is 3.78. The third kappa shape index (κ3) is 3.04. The topological polar surface area (TPSA) is 30.5 Å². The van der Waals surface area contributed by atoms with Gasteiger partial charge in [0, 0.05) is 31.3 Å². The van der Waals surface area contributed by atoms with E-state index in [0.29, 0.717) is 6.04 Å². The first-order chi connectivity index (χ1) is 8.76. The lowest BCUT2D eigenvalue weighted by molar-refractivity contribution is -0.131. The van der Waals surface area contributed by atoms with E-state index < -0.39 is 0 Å². The summed E-state index contributed by atoms with van der Waals surface area (Å²) >= 11 is 6.12. The molecule has 1 fully saturated rings. The molecule has 18 heavy (non-hydrogen) atoms. The molecule has 1 aromatic rings. The molecule has 0 heterocycles. The van der Waals surface area contributed by atoms with Crippen LogP contribution in [0.25, 0.3) is 0 Å². The highest BCUT2D eigenvalue weighted by Gasteiger charge is 2.41. The average molecular weight is 270 g/mol. The van der Waals surface area contributed by atoms with Crippen molar-refractivity contribution >= 4 is 11.6 Å². The second-order valence-corrected chi connectivity index (χ2v) is 4.92. The Kier molecular flexibility index (Phi) is 5.01. The zero-order valence-electron chi connectivity index (χ0n) is 10.9. The van der Waals surface area contributed by atoms with Crippen LogP contribution in [0.3, 0.4) is 0 Å². The van der Waals surface area contributed by atoms with Gasteiger partial charge in [-0.15, -0.1) is 0 Å². The van der Waals surface area contributed by atoms with Crippen molar-refractivity contribution in [2.45, 2.75) is 38.1 Å². The summed E-state index contributed by atoms with van der Waals surface area (Å²) in [5, 5.41) is 4.28. The highest BCUT2D eigenvalue weighted by atomic mass is 35.5. The molecule has 0 spiro atoms. The number of benzene rings is 1. The fraction of sp³-hybridized carbons (Fsp3) is 0.571. The van der Waals surface area contributed by atoms with Gasteiger partial charge in [-0.3, -0.25) is 0 Å². The van der Waals surface area contributed by atoms with Crippen LogP contribution >= 0.6 is 11.6 Å². The van der Waals surface area contributed by atoms with Crippen LogP contribution in [0, 0.1) is 0 Å². The van der Waals surface area contributed by atoms with Gasteiger partial charge in [-0.25, -0.2) is 0 Å². The van der Waals surface area contributed by atoms with Crippen molar-refractivity contribution in [3.8, 4) is 0 Å². The number of hydrogen-bond acceptors (Lipinski definition) is 3. The normalized spacial score (nSPS) is 26.9. The summed E-state index contributed by atoms with van der Waals surface area (Å²) in [4.78, 5) is 0. The van der Waals surface area contributed by atoms with Crippen LogP contribution < -0.4 is 5.32 Å². The van der Waals surface area contributed by atoms with Crippen molar-refractivity contribution in [3.63, 3.8) is 0 Å². The first-order valence-electron chi connectivity index (χ1n) is 6.37. The minimum absolute atomic E-state index is 0.146. The quantitative estimate of drug-likeness (QED) is 0.861. The fourth-order valence-electron chi connectivity index (χ4n) is 2.36. The van der Waals surface area contributed by atoms with E-state index in [-0.39, 0.29) is 12.2 Å². The Hall–Kier alpha value is -0.610. The fourth-order valence-corrected chi connectivity index (χ4v) is 2.56. The molecule has 0 saturated heterocycles. The molecule has 100 valence electrons. The van der Waals surface area contributed by atoms with E-state index in [9.17, 15) is 0 Å². The minimum Gasteiger partial charge on any atom is -0.377 e. The van der Waals surface area contributed by atoms with E-state index in [1.165, 1.54) is 0 Å². The minimum atomic E-state index is 0.146. The van der Waals surface area contributed by atoms with Crippen molar-refractivity contribution in [3.05, 3.63) is 34.9 Å². The number of nitrogens with one attached hydrogen (secondary N) is 1. The van der Waals surface area contributed by atoms with Gasteiger partial charge >= 0.3 is 0 Å². The predicted octanol–water partition coefficient (Wildman–Crippen LogP) is 2.62. The molecular formula is C14H20ClNO2. The Bertz CT molecular complexity index is 386. The lowest BCUT2D eigenvalue weighted by Gasteiger charge is -2.43. The van der Waals surface area contributed by atoms with Gasteiger partial charge in [0.1, 0.15) is 0 Å². The van der Waals surface area contributed by atoms with Gasteiger partial charge in [0.2, 0.25) is 0 Å². The number of hydrogen-bond donors (Lipinski definition) is 1. The summed E-state index contributed by atoms with van der Waals surface area (Å²) in [5.74, 6) is 0. The van der Waals surface area contributed by atoms with E-state index in [4.69, 9.17) is 21.1 Å². The van der Waals surface area contributed by atoms with Gasteiger partial charge in [-0.2, -0.15) is 0 Å². The van der Waals surface area contributed by atoms with E-state index in [0.717, 1.165) is 30.2 Å². The summed E-state index contributed by atoms with van der Waals surface area (Å²) in [7, 11) is 1.74. The van der Waals surface area contributed by atoms with Crippen LogP contribution in [0.4, 0.5) is 0 Å². The summed E-state index contributed by atoms with van der Waals surface area (Å²) < 4.78 is 11.1. The van der Waals surface area contributed by atoms with Crippen molar-refractivity contribution in [2.75, 3.05) is 13.7 Å². The highest BCUT2D eigenvalue weighted by molar-refractivity contribution is 6.31. The molecular weight excluding hydrogens is 250 g/mol. The van der Waals surface area contributed by atoms with Gasteiger partial charge in [0.05, 0.1) is 12.2 Å². The third-order valence-electron chi connectivity index (χ3n) is 3.41. The van der Waals surface area contributed by atoms with Gasteiger partial charge < -0.3 is 14.8 Å². The Morgan fingerprint density at radius 1 is 1.39 bits per heavy atom. The lowest BCUT2D eigenvalue weighted by Crippen LogP contribution is -2.59. The zero-order chi connectivity index (χ0) is 13.0. The molecule has 1 aromatic carbocycles. The zero-order valence-corrected chi connectivity index (χ0v) is 11.6. The Morgan fingerprint density at radius 3 is 2.83 bits per heavy atom. The molecule has 3 nitrogen and oxygen atoms in total. The second kappa shape index (κ2) is 6.53. The van der Waals surface area contributed by atoms with Crippen molar-refractivity contribution in [1.29, 1.82) is 0 Å². The van der Waals surface area contributed by atoms with Gasteiger partial charge in [0.25, 0.3) is 0 Å². The second-order valence-electron chi connectivity index (χ2n) is 4.51. The molecule has 0 radical (unpaired) electrons. The van der Waals surface area contributed by atoms with Crippen LogP contribution in [0.5, 0.6) is 0 Å². The Balaban J connectivity index is 1.83. The Labute approximate surface area is 113 Å². The maximum atomic E-state index is 6.12. The number of ether oxygens (including phenoxy) is 2. The molecule has 4 heteroatoms. The molecule has 1 N–H and O–H groups in total. The smallest absolute Gasteiger partial charge is 0.0986 e. The summed E-state index contributed by atoms with van der Waals surface area (Å²) in [6.45, 7) is 3.52. The van der Waals surface area contributed by atoms with Crippen molar-refractivity contribution in [2.24, 2.45) is 0 Å². The summed E-state index contributed by atoms with van der Waals surface area (Å²) in [6.07, 6.45) is 1.37. The number of halogens is 1. The molecule has 3 unspecified atom stereocenters. The van der Waals surface area contributed by atoms with Gasteiger partial charge in [-0.05, 0) is 25.0 Å². The molecule has 0 amide bonds. The molecule has 0 aliphatic heterocycles. The van der Waals surface area contributed by atoms with Gasteiger partial charge in [-0.1, -0.05) is 29.8 Å². The number of methoxy groups -OCH3 is 1. The molecule has 0 aromatic heterocycles. The van der Waals surface area contributed by atoms with Crippen LogP contribution in [-0.4, -0.2) is 32.0 Å².